The second kappa shape index (κ2) is 7.52. The minimum absolute atomic E-state index is 0.0553. The lowest BCUT2D eigenvalue weighted by atomic mass is 10.0. The van der Waals surface area contributed by atoms with Crippen LogP contribution < -0.4 is 10.1 Å². The Balaban J connectivity index is 1.61. The molecule has 1 atom stereocenters. The van der Waals surface area contributed by atoms with Crippen molar-refractivity contribution in [2.24, 2.45) is 5.92 Å². The highest BCUT2D eigenvalue weighted by molar-refractivity contribution is 5.78. The van der Waals surface area contributed by atoms with E-state index in [-0.39, 0.29) is 18.6 Å². The summed E-state index contributed by atoms with van der Waals surface area (Å²) in [7, 11) is 0. The Labute approximate surface area is 144 Å². The van der Waals surface area contributed by atoms with Gasteiger partial charge in [-0.15, -0.1) is 0 Å². The van der Waals surface area contributed by atoms with Crippen molar-refractivity contribution in [3.8, 4) is 5.75 Å². The number of rotatable bonds is 7. The second-order valence-electron chi connectivity index (χ2n) is 6.77. The fourth-order valence-corrected chi connectivity index (χ4v) is 3.01. The number of amides is 1. The van der Waals surface area contributed by atoms with Gasteiger partial charge in [0.25, 0.3) is 5.91 Å². The Morgan fingerprint density at radius 1 is 1.08 bits per heavy atom. The van der Waals surface area contributed by atoms with E-state index in [1.54, 1.807) is 0 Å². The quantitative estimate of drug-likeness (QED) is 0.817. The van der Waals surface area contributed by atoms with Crippen molar-refractivity contribution in [2.45, 2.75) is 38.6 Å². The minimum Gasteiger partial charge on any atom is -0.483 e. The second-order valence-corrected chi connectivity index (χ2v) is 6.77. The number of nitrogens with one attached hydrogen (secondary N) is 1. The average Bonchev–Trinajstić information content (AvgIpc) is 3.43. The van der Waals surface area contributed by atoms with Crippen LogP contribution in [0.1, 0.15) is 49.8 Å². The van der Waals surface area contributed by atoms with Crippen molar-refractivity contribution < 1.29 is 9.53 Å². The predicted molar refractivity (Wildman–Crippen MR) is 96.1 cm³/mol. The number of ether oxygens (including phenoxy) is 1. The van der Waals surface area contributed by atoms with Crippen molar-refractivity contribution in [3.05, 3.63) is 65.7 Å². The maximum atomic E-state index is 12.4. The van der Waals surface area contributed by atoms with Gasteiger partial charge in [-0.25, -0.2) is 0 Å². The molecule has 0 heterocycles. The summed E-state index contributed by atoms with van der Waals surface area (Å²) in [6.45, 7) is 4.31. The first-order valence-electron chi connectivity index (χ1n) is 8.71. The van der Waals surface area contributed by atoms with Crippen LogP contribution in [0.3, 0.4) is 0 Å². The Morgan fingerprint density at radius 2 is 1.75 bits per heavy atom. The Bertz CT molecular complexity index is 677. The van der Waals surface area contributed by atoms with Crippen molar-refractivity contribution in [2.75, 3.05) is 6.61 Å². The van der Waals surface area contributed by atoms with Gasteiger partial charge in [0.2, 0.25) is 0 Å². The van der Waals surface area contributed by atoms with Crippen molar-refractivity contribution in [1.29, 1.82) is 0 Å². The fourth-order valence-electron chi connectivity index (χ4n) is 3.01. The number of carbonyl (C=O) groups excluding carboxylic acids is 1. The molecule has 2 aromatic carbocycles. The molecule has 126 valence electrons. The summed E-state index contributed by atoms with van der Waals surface area (Å²) in [5, 5.41) is 3.15. The molecule has 24 heavy (non-hydrogen) atoms. The molecule has 3 nitrogen and oxygen atoms in total. The molecule has 1 aliphatic rings. The number of benzene rings is 2. The van der Waals surface area contributed by atoms with E-state index in [0.29, 0.717) is 11.8 Å². The SMILES string of the molecule is CC(C)c1ccccc1OCC(=O)N[C@@H](c1ccccc1)C1CC1. The normalized spacial score (nSPS) is 15.1. The number of hydrogen-bond donors (Lipinski definition) is 1. The zero-order chi connectivity index (χ0) is 16.9. The zero-order valence-electron chi connectivity index (χ0n) is 14.4. The van der Waals surface area contributed by atoms with Crippen LogP contribution in [0.4, 0.5) is 0 Å². The van der Waals surface area contributed by atoms with Gasteiger partial charge in [-0.05, 0) is 41.9 Å². The molecular weight excluding hydrogens is 298 g/mol. The highest BCUT2D eigenvalue weighted by Crippen LogP contribution is 2.40. The summed E-state index contributed by atoms with van der Waals surface area (Å²) in [5.41, 5.74) is 2.31. The largest absolute Gasteiger partial charge is 0.483 e. The summed E-state index contributed by atoms with van der Waals surface area (Å²) in [6.07, 6.45) is 2.35. The smallest absolute Gasteiger partial charge is 0.258 e. The summed E-state index contributed by atoms with van der Waals surface area (Å²) in [5.74, 6) is 1.66. The average molecular weight is 323 g/mol. The Morgan fingerprint density at radius 3 is 2.42 bits per heavy atom. The molecule has 1 fully saturated rings. The van der Waals surface area contributed by atoms with E-state index < -0.39 is 0 Å². The molecule has 1 amide bonds. The molecule has 0 saturated heterocycles. The molecule has 0 bridgehead atoms. The van der Waals surface area contributed by atoms with Gasteiger partial charge in [0.1, 0.15) is 5.75 Å². The van der Waals surface area contributed by atoms with Crippen molar-refractivity contribution in [3.63, 3.8) is 0 Å². The van der Waals surface area contributed by atoms with Crippen LogP contribution in [-0.4, -0.2) is 12.5 Å². The number of para-hydroxylation sites is 1. The highest BCUT2D eigenvalue weighted by Gasteiger charge is 2.33. The summed E-state index contributed by atoms with van der Waals surface area (Å²) in [4.78, 5) is 12.4. The van der Waals surface area contributed by atoms with Gasteiger partial charge in [-0.3, -0.25) is 4.79 Å². The molecule has 1 aliphatic carbocycles. The molecular formula is C21H25NO2. The molecule has 0 radical (unpaired) electrons. The third-order valence-electron chi connectivity index (χ3n) is 4.47. The molecule has 1 saturated carbocycles. The Kier molecular flexibility index (Phi) is 5.19. The summed E-state index contributed by atoms with van der Waals surface area (Å²) >= 11 is 0. The lowest BCUT2D eigenvalue weighted by Gasteiger charge is -2.19. The molecule has 0 aliphatic heterocycles. The van der Waals surface area contributed by atoms with Crippen LogP contribution in [0.15, 0.2) is 54.6 Å². The van der Waals surface area contributed by atoms with E-state index in [2.05, 4.69) is 37.4 Å². The molecule has 0 aromatic heterocycles. The monoisotopic (exact) mass is 323 g/mol. The predicted octanol–water partition coefficient (Wildman–Crippen LogP) is 4.46. The third-order valence-corrected chi connectivity index (χ3v) is 4.47. The third kappa shape index (κ3) is 4.16. The minimum atomic E-state index is -0.0608. The summed E-state index contributed by atoms with van der Waals surface area (Å²) in [6, 6.07) is 18.2. The molecule has 3 rings (SSSR count). The van der Waals surface area contributed by atoms with Crippen LogP contribution in [-0.2, 0) is 4.79 Å². The molecule has 3 heteroatoms. The van der Waals surface area contributed by atoms with Crippen LogP contribution in [0.5, 0.6) is 5.75 Å². The fraction of sp³-hybridized carbons (Fsp3) is 0.381. The van der Waals surface area contributed by atoms with Gasteiger partial charge in [0.15, 0.2) is 6.61 Å². The molecule has 1 N–H and O–H groups in total. The standard InChI is InChI=1S/C21H25NO2/c1-15(2)18-10-6-7-11-19(18)24-14-20(23)22-21(17-12-13-17)16-8-4-3-5-9-16/h3-11,15,17,21H,12-14H2,1-2H3,(H,22,23)/t21-/m0/s1. The zero-order valence-corrected chi connectivity index (χ0v) is 14.4. The van der Waals surface area contributed by atoms with Crippen LogP contribution in [0.25, 0.3) is 0 Å². The Hall–Kier alpha value is -2.29. The van der Waals surface area contributed by atoms with Crippen LogP contribution >= 0.6 is 0 Å². The van der Waals surface area contributed by atoms with Gasteiger partial charge in [0.05, 0.1) is 6.04 Å². The topological polar surface area (TPSA) is 38.3 Å². The van der Waals surface area contributed by atoms with E-state index in [0.717, 1.165) is 11.3 Å². The van der Waals surface area contributed by atoms with Crippen LogP contribution in [0.2, 0.25) is 0 Å². The molecule has 0 unspecified atom stereocenters. The molecule has 2 aromatic rings. The van der Waals surface area contributed by atoms with Gasteiger partial charge in [0, 0.05) is 0 Å². The van der Waals surface area contributed by atoms with Crippen LogP contribution in [0, 0.1) is 5.92 Å². The maximum Gasteiger partial charge on any atom is 0.258 e. The van der Waals surface area contributed by atoms with E-state index in [4.69, 9.17) is 4.74 Å². The first-order chi connectivity index (χ1) is 11.6. The lowest BCUT2D eigenvalue weighted by Crippen LogP contribution is -2.33. The van der Waals surface area contributed by atoms with Gasteiger partial charge < -0.3 is 10.1 Å². The first-order valence-corrected chi connectivity index (χ1v) is 8.71. The maximum absolute atomic E-state index is 12.4. The van der Waals surface area contributed by atoms with Gasteiger partial charge in [-0.2, -0.15) is 0 Å². The van der Waals surface area contributed by atoms with E-state index in [9.17, 15) is 4.79 Å². The summed E-state index contributed by atoms with van der Waals surface area (Å²) < 4.78 is 5.79. The lowest BCUT2D eigenvalue weighted by molar-refractivity contribution is -0.124. The highest BCUT2D eigenvalue weighted by atomic mass is 16.5. The van der Waals surface area contributed by atoms with E-state index >= 15 is 0 Å². The van der Waals surface area contributed by atoms with Gasteiger partial charge >= 0.3 is 0 Å². The first kappa shape index (κ1) is 16.6. The van der Waals surface area contributed by atoms with Gasteiger partial charge in [-0.1, -0.05) is 62.4 Å². The van der Waals surface area contributed by atoms with E-state index in [1.165, 1.54) is 18.4 Å². The molecule has 0 spiro atoms. The van der Waals surface area contributed by atoms with Crippen molar-refractivity contribution in [1.82, 2.24) is 5.32 Å². The van der Waals surface area contributed by atoms with E-state index in [1.807, 2.05) is 36.4 Å². The number of hydrogen-bond acceptors (Lipinski definition) is 2. The number of carbonyl (C=O) groups is 1. The van der Waals surface area contributed by atoms with Crippen molar-refractivity contribution >= 4 is 5.91 Å².